The van der Waals surface area contributed by atoms with Crippen LogP contribution in [0.15, 0.2) is 29.3 Å². The van der Waals surface area contributed by atoms with Crippen molar-refractivity contribution in [3.05, 3.63) is 29.8 Å². The van der Waals surface area contributed by atoms with Gasteiger partial charge in [0, 0.05) is 13.0 Å². The van der Waals surface area contributed by atoms with Gasteiger partial charge in [0.05, 0.1) is 19.0 Å². The fourth-order valence-electron chi connectivity index (χ4n) is 8.11. The van der Waals surface area contributed by atoms with Gasteiger partial charge in [0.2, 0.25) is 47.3 Å². The van der Waals surface area contributed by atoms with Gasteiger partial charge in [0.1, 0.15) is 42.0 Å². The lowest BCUT2D eigenvalue weighted by molar-refractivity contribution is -0.142. The highest BCUT2D eigenvalue weighted by Crippen LogP contribution is 2.27. The van der Waals surface area contributed by atoms with Crippen molar-refractivity contribution in [2.24, 2.45) is 51.4 Å². The fraction of sp³-hybridized carbons (Fsp3) is 0.667. The van der Waals surface area contributed by atoms with Crippen LogP contribution in [0.4, 0.5) is 0 Å². The van der Waals surface area contributed by atoms with Crippen LogP contribution in [0, 0.1) is 17.8 Å². The second-order valence-corrected chi connectivity index (χ2v) is 19.0. The molecule has 19 N–H and O–H groups in total. The number of nitrogens with one attached hydrogen (secondary N) is 7. The predicted octanol–water partition coefficient (Wildman–Crippen LogP) is -1.51. The summed E-state index contributed by atoms with van der Waals surface area (Å²) in [4.78, 5) is 125. The summed E-state index contributed by atoms with van der Waals surface area (Å²) >= 11 is 0. The molecule has 8 amide bonds. The number of nitrogens with two attached hydrogens (primary N) is 5. The van der Waals surface area contributed by atoms with Crippen LogP contribution in [-0.4, -0.2) is 131 Å². The Morgan fingerprint density at radius 3 is 1.82 bits per heavy atom. The van der Waals surface area contributed by atoms with Crippen molar-refractivity contribution in [3.8, 4) is 5.75 Å². The lowest BCUT2D eigenvalue weighted by Crippen LogP contribution is -2.60. The van der Waals surface area contributed by atoms with Gasteiger partial charge in [-0.25, -0.2) is 4.79 Å². The number of unbranched alkanes of at least 4 members (excludes halogenated alkanes) is 1. The second kappa shape index (κ2) is 32.4. The van der Waals surface area contributed by atoms with E-state index in [1.165, 1.54) is 24.3 Å². The third-order valence-corrected chi connectivity index (χ3v) is 12.5. The summed E-state index contributed by atoms with van der Waals surface area (Å²) < 4.78 is 0. The summed E-state index contributed by atoms with van der Waals surface area (Å²) in [5.41, 5.74) is 28.7. The number of rotatable bonds is 33. The molecule has 0 spiro atoms. The zero-order chi connectivity index (χ0) is 53.9. The van der Waals surface area contributed by atoms with Gasteiger partial charge in [-0.1, -0.05) is 78.4 Å². The molecule has 404 valence electrons. The molecule has 0 bridgehead atoms. The Morgan fingerprint density at radius 1 is 0.681 bits per heavy atom. The van der Waals surface area contributed by atoms with E-state index >= 15 is 0 Å². The first kappa shape index (κ1) is 61.6. The molecule has 24 nitrogen and oxygen atoms in total. The number of benzene rings is 1. The summed E-state index contributed by atoms with van der Waals surface area (Å²) in [5.74, 6) is -8.36. The number of phenols is 1. The molecule has 1 aliphatic carbocycles. The number of aromatic hydroxyl groups is 1. The summed E-state index contributed by atoms with van der Waals surface area (Å²) in [7, 11) is 0. The maximum atomic E-state index is 14.3. The van der Waals surface area contributed by atoms with E-state index in [0.717, 1.165) is 32.1 Å². The molecule has 1 aromatic carbocycles. The van der Waals surface area contributed by atoms with Crippen molar-refractivity contribution in [1.29, 1.82) is 0 Å². The number of aliphatic imine (C=N–C) groups is 1. The van der Waals surface area contributed by atoms with Gasteiger partial charge in [-0.05, 0) is 86.9 Å². The number of primary amides is 1. The number of guanidine groups is 1. The average molecular weight is 1020 g/mol. The molecule has 0 aromatic heterocycles. The molecule has 8 atom stereocenters. The maximum absolute atomic E-state index is 14.3. The molecule has 0 radical (unpaired) electrons. The zero-order valence-corrected chi connectivity index (χ0v) is 42.2. The number of carbonyl (C=O) groups is 9. The molecule has 1 saturated carbocycles. The van der Waals surface area contributed by atoms with Crippen LogP contribution in [0.25, 0.3) is 0 Å². The highest BCUT2D eigenvalue weighted by atomic mass is 16.4. The second-order valence-electron chi connectivity index (χ2n) is 19.0. The Hall–Kier alpha value is -6.56. The Kier molecular flexibility index (Phi) is 27.7. The maximum Gasteiger partial charge on any atom is 0.326 e. The van der Waals surface area contributed by atoms with Crippen LogP contribution in [-0.2, 0) is 49.6 Å². The number of carboxylic acid groups (broad SMARTS) is 1. The molecule has 0 unspecified atom stereocenters. The monoisotopic (exact) mass is 1020 g/mol. The van der Waals surface area contributed by atoms with E-state index in [-0.39, 0.29) is 74.5 Å². The number of carboxylic acids is 1. The highest BCUT2D eigenvalue weighted by molar-refractivity contribution is 5.98. The smallest absolute Gasteiger partial charge is 0.326 e. The third kappa shape index (κ3) is 23.6. The molecule has 1 fully saturated rings. The van der Waals surface area contributed by atoms with Crippen LogP contribution in [0.2, 0.25) is 0 Å². The minimum absolute atomic E-state index is 0.0152. The van der Waals surface area contributed by atoms with Crippen molar-refractivity contribution >= 4 is 59.2 Å². The van der Waals surface area contributed by atoms with E-state index in [2.05, 4.69) is 42.2 Å². The van der Waals surface area contributed by atoms with Crippen LogP contribution in [0.3, 0.4) is 0 Å². The largest absolute Gasteiger partial charge is 0.508 e. The summed E-state index contributed by atoms with van der Waals surface area (Å²) in [6, 6.07) is -3.38. The van der Waals surface area contributed by atoms with Crippen molar-refractivity contribution < 1.29 is 53.4 Å². The summed E-state index contributed by atoms with van der Waals surface area (Å²) in [6.45, 7) is 7.22. The van der Waals surface area contributed by atoms with Gasteiger partial charge in [0.15, 0.2) is 5.96 Å². The van der Waals surface area contributed by atoms with Gasteiger partial charge in [0.25, 0.3) is 0 Å². The van der Waals surface area contributed by atoms with E-state index in [4.69, 9.17) is 28.7 Å². The van der Waals surface area contributed by atoms with Gasteiger partial charge in [-0.2, -0.15) is 0 Å². The van der Waals surface area contributed by atoms with Crippen molar-refractivity contribution in [2.75, 3.05) is 19.6 Å². The summed E-state index contributed by atoms with van der Waals surface area (Å²) in [6.07, 6.45) is 5.35. The molecule has 1 aliphatic rings. The Morgan fingerprint density at radius 2 is 1.24 bits per heavy atom. The fourth-order valence-corrected chi connectivity index (χ4v) is 8.11. The average Bonchev–Trinajstić information content (AvgIpc) is 3.32. The van der Waals surface area contributed by atoms with E-state index in [1.54, 1.807) is 0 Å². The number of hydrogen-bond donors (Lipinski definition) is 14. The molecule has 0 aliphatic heterocycles. The van der Waals surface area contributed by atoms with Crippen LogP contribution in [0.1, 0.15) is 123 Å². The normalized spacial score (nSPS) is 15.9. The van der Waals surface area contributed by atoms with E-state index < -0.39 is 108 Å². The van der Waals surface area contributed by atoms with Crippen LogP contribution in [0.5, 0.6) is 5.75 Å². The quantitative estimate of drug-likeness (QED) is 0.0216. The number of aliphatic carboxylic acids is 1. The van der Waals surface area contributed by atoms with Crippen molar-refractivity contribution in [1.82, 2.24) is 37.2 Å². The molecular formula is C48H81N13O11. The lowest BCUT2D eigenvalue weighted by atomic mass is 9.84. The molecule has 24 heteroatoms. The number of phenolic OH excluding ortho intramolecular Hbond substituents is 1. The molecule has 72 heavy (non-hydrogen) atoms. The van der Waals surface area contributed by atoms with Gasteiger partial charge in [-0.3, -0.25) is 43.3 Å². The standard InChI is InChI=1S/C48H81N13O11/c1-5-28(4)40(51)46(70)61-34(22-27(2)3)41(65)55-26-39(64)56-35(23-29-12-7-6-8-13-29)43(67)57-32(15-11-21-54-48(52)53)42(66)60-37(25-38(50)63)45(69)59-36(24-30-16-18-31(62)19-17-30)44(68)58-33(47(71)72)14-9-10-20-49/h16-19,27-29,32-37,40,62H,5-15,20-26,49,51H2,1-4H3,(H2,50,63)(H,55,65)(H,56,64)(H,57,67)(H,58,68)(H,59,69)(H,60,66)(H,61,70)(H,71,72)(H4,52,53,54)/t28-,32+,33+,34+,35+,36+,37+,40+/m0/s1. The topological polar surface area (TPSA) is 421 Å². The lowest BCUT2D eigenvalue weighted by Gasteiger charge is -2.29. The summed E-state index contributed by atoms with van der Waals surface area (Å²) in [5, 5.41) is 37.7. The predicted molar refractivity (Wildman–Crippen MR) is 269 cm³/mol. The Balaban J connectivity index is 2.42. The van der Waals surface area contributed by atoms with E-state index in [0.29, 0.717) is 31.4 Å². The van der Waals surface area contributed by atoms with Crippen molar-refractivity contribution in [2.45, 2.75) is 166 Å². The number of nitrogens with zero attached hydrogens (tertiary/aromatic N) is 1. The van der Waals surface area contributed by atoms with Crippen LogP contribution < -0.4 is 65.9 Å². The first-order chi connectivity index (χ1) is 34.0. The van der Waals surface area contributed by atoms with E-state index in [1.807, 2.05) is 27.7 Å². The van der Waals surface area contributed by atoms with E-state index in [9.17, 15) is 53.4 Å². The number of amides is 8. The molecule has 0 heterocycles. The molecule has 1 aromatic rings. The zero-order valence-electron chi connectivity index (χ0n) is 42.2. The highest BCUT2D eigenvalue weighted by Gasteiger charge is 2.35. The number of carbonyl (C=O) groups excluding carboxylic acids is 8. The minimum atomic E-state index is -1.72. The van der Waals surface area contributed by atoms with Gasteiger partial charge >= 0.3 is 5.97 Å². The first-order valence-electron chi connectivity index (χ1n) is 24.9. The Labute approximate surface area is 421 Å². The van der Waals surface area contributed by atoms with Gasteiger partial charge < -0.3 is 76.1 Å². The molecule has 0 saturated heterocycles. The SMILES string of the molecule is CC[C@H](C)[C@@H](N)C(=O)N[C@H](CC(C)C)C(=O)NCC(=O)N[C@H](CC1CCCCC1)C(=O)N[C@H](CCCN=C(N)N)C(=O)N[C@H](CC(N)=O)C(=O)N[C@H](Cc1ccc(O)cc1)C(=O)N[C@H](CCCCN)C(=O)O. The first-order valence-corrected chi connectivity index (χ1v) is 24.9. The molecular weight excluding hydrogens is 935 g/mol. The Bertz CT molecular complexity index is 1980. The van der Waals surface area contributed by atoms with Crippen LogP contribution >= 0.6 is 0 Å². The number of hydrogen-bond acceptors (Lipinski definition) is 13. The van der Waals surface area contributed by atoms with Crippen molar-refractivity contribution in [3.63, 3.8) is 0 Å². The van der Waals surface area contributed by atoms with Gasteiger partial charge in [-0.15, -0.1) is 0 Å². The minimum Gasteiger partial charge on any atom is -0.508 e. The third-order valence-electron chi connectivity index (χ3n) is 12.5. The molecule has 2 rings (SSSR count).